The van der Waals surface area contributed by atoms with Crippen molar-refractivity contribution < 1.29 is 14.0 Å². The quantitative estimate of drug-likeness (QED) is 0.212. The Balaban J connectivity index is 1.16. The van der Waals surface area contributed by atoms with Gasteiger partial charge in [0.25, 0.3) is 11.8 Å². The summed E-state index contributed by atoms with van der Waals surface area (Å²) in [5.74, 6) is -1.97. The van der Waals surface area contributed by atoms with Gasteiger partial charge in [-0.15, -0.1) is 0 Å². The van der Waals surface area contributed by atoms with Gasteiger partial charge in [0.2, 0.25) is 0 Å². The zero-order valence-electron chi connectivity index (χ0n) is 21.4. The van der Waals surface area contributed by atoms with Gasteiger partial charge in [0.1, 0.15) is 5.82 Å². The number of amides is 2. The molecule has 0 unspecified atom stereocenters. The maximum atomic E-state index is 13.9. The molecule has 2 amide bonds. The topological polar surface area (TPSA) is 54.7 Å². The molecule has 2 bridgehead atoms. The van der Waals surface area contributed by atoms with Crippen molar-refractivity contribution in [3.63, 3.8) is 0 Å². The zero-order valence-corrected chi connectivity index (χ0v) is 21.4. The monoisotopic (exact) mass is 525 g/mol. The molecular formula is C34H24FN3O2. The van der Waals surface area contributed by atoms with E-state index in [-0.39, 0.29) is 29.5 Å². The van der Waals surface area contributed by atoms with Crippen LogP contribution in [0.4, 0.5) is 4.39 Å². The fraction of sp³-hybridized carbons (Fsp3) is 0.147. The predicted octanol–water partition coefficient (Wildman–Crippen LogP) is 6.05. The number of imide groups is 1. The minimum absolute atomic E-state index is 0.156. The Hall–Kier alpha value is -4.84. The SMILES string of the molecule is O=C1[C@@H]2C3c4ccccc4C(c4ccccc43)[C@H]2C(=O)N1/N=C\c1cn(Cc2ccc(F)cc2)c2ccccc12. The van der Waals surface area contributed by atoms with Crippen LogP contribution in [0.1, 0.15) is 45.2 Å². The molecule has 1 aliphatic heterocycles. The number of aromatic nitrogens is 1. The van der Waals surface area contributed by atoms with Crippen molar-refractivity contribution in [2.24, 2.45) is 16.9 Å². The summed E-state index contributed by atoms with van der Waals surface area (Å²) >= 11 is 0. The molecule has 0 radical (unpaired) electrons. The first-order valence-electron chi connectivity index (χ1n) is 13.5. The molecule has 9 rings (SSSR count). The van der Waals surface area contributed by atoms with E-state index < -0.39 is 11.8 Å². The highest BCUT2D eigenvalue weighted by Gasteiger charge is 2.61. The van der Waals surface area contributed by atoms with Gasteiger partial charge in [-0.2, -0.15) is 10.1 Å². The van der Waals surface area contributed by atoms with E-state index in [0.717, 1.165) is 49.3 Å². The molecule has 40 heavy (non-hydrogen) atoms. The molecule has 4 aliphatic rings. The Labute approximate surface area is 230 Å². The van der Waals surface area contributed by atoms with Crippen LogP contribution < -0.4 is 0 Å². The normalized spacial score (nSPS) is 22.7. The molecule has 2 atom stereocenters. The third-order valence-electron chi connectivity index (χ3n) is 8.82. The van der Waals surface area contributed by atoms with E-state index >= 15 is 0 Å². The molecule has 3 aliphatic carbocycles. The minimum Gasteiger partial charge on any atom is -0.342 e. The van der Waals surface area contributed by atoms with Crippen molar-refractivity contribution >= 4 is 28.9 Å². The van der Waals surface area contributed by atoms with Gasteiger partial charge < -0.3 is 4.57 Å². The Morgan fingerprint density at radius 2 is 1.23 bits per heavy atom. The van der Waals surface area contributed by atoms with Gasteiger partial charge in [0.05, 0.1) is 18.1 Å². The number of carbonyl (C=O) groups is 2. The van der Waals surface area contributed by atoms with Crippen LogP contribution in [0.15, 0.2) is 108 Å². The number of rotatable bonds is 4. The Kier molecular flexibility index (Phi) is 4.95. The lowest BCUT2D eigenvalue weighted by atomic mass is 9.55. The number of fused-ring (bicyclic) bond motifs is 1. The Morgan fingerprint density at radius 1 is 0.700 bits per heavy atom. The number of halogens is 1. The largest absolute Gasteiger partial charge is 0.342 e. The van der Waals surface area contributed by atoms with E-state index in [2.05, 4.69) is 33.9 Å². The highest BCUT2D eigenvalue weighted by molar-refractivity contribution is 6.09. The fourth-order valence-corrected chi connectivity index (χ4v) is 7.19. The summed E-state index contributed by atoms with van der Waals surface area (Å²) in [6.07, 6.45) is 3.59. The lowest BCUT2D eigenvalue weighted by Crippen LogP contribution is -2.41. The number of nitrogens with zero attached hydrogens (tertiary/aromatic N) is 3. The summed E-state index contributed by atoms with van der Waals surface area (Å²) in [7, 11) is 0. The Morgan fingerprint density at radius 3 is 1.80 bits per heavy atom. The number of carbonyl (C=O) groups excluding carboxylic acids is 2. The van der Waals surface area contributed by atoms with Crippen LogP contribution >= 0.6 is 0 Å². The van der Waals surface area contributed by atoms with Crippen molar-refractivity contribution in [1.82, 2.24) is 9.58 Å². The molecule has 0 spiro atoms. The van der Waals surface area contributed by atoms with E-state index in [1.165, 1.54) is 12.1 Å². The van der Waals surface area contributed by atoms with Gasteiger partial charge in [-0.3, -0.25) is 9.59 Å². The highest BCUT2D eigenvalue weighted by Crippen LogP contribution is 2.60. The van der Waals surface area contributed by atoms with Gasteiger partial charge in [-0.1, -0.05) is 78.9 Å². The van der Waals surface area contributed by atoms with Crippen molar-refractivity contribution in [3.05, 3.63) is 142 Å². The average molecular weight is 526 g/mol. The number of hydrogen-bond acceptors (Lipinski definition) is 3. The van der Waals surface area contributed by atoms with Crippen molar-refractivity contribution in [2.45, 2.75) is 18.4 Å². The minimum atomic E-state index is -0.459. The summed E-state index contributed by atoms with van der Waals surface area (Å²) < 4.78 is 15.5. The van der Waals surface area contributed by atoms with Crippen LogP contribution in [0, 0.1) is 17.7 Å². The van der Waals surface area contributed by atoms with E-state index in [9.17, 15) is 14.0 Å². The van der Waals surface area contributed by atoms with Gasteiger partial charge in [0.15, 0.2) is 0 Å². The summed E-state index contributed by atoms with van der Waals surface area (Å²) in [5.41, 5.74) is 7.33. The third-order valence-corrected chi connectivity index (χ3v) is 8.82. The molecule has 0 N–H and O–H groups in total. The molecule has 4 aromatic carbocycles. The molecule has 0 saturated carbocycles. The standard InChI is InChI=1S/C34H24FN3O2/c35-22-15-13-20(14-16-22)18-37-19-21(23-7-5-6-12-28(23)37)17-36-38-33(39)31-29-24-8-1-2-9-25(24)30(32(31)34(38)40)27-11-4-3-10-26(27)29/h1-17,19,29-32H,18H2/b36-17-/t29?,30?,31-,32-/m1/s1. The molecule has 5 aromatic rings. The number of hydrogen-bond donors (Lipinski definition) is 0. The average Bonchev–Trinajstić information content (AvgIpc) is 3.47. The van der Waals surface area contributed by atoms with Crippen LogP contribution in [-0.2, 0) is 16.1 Å². The zero-order chi connectivity index (χ0) is 27.0. The second-order valence-electron chi connectivity index (χ2n) is 10.9. The van der Waals surface area contributed by atoms with Gasteiger partial charge >= 0.3 is 0 Å². The molecule has 1 saturated heterocycles. The summed E-state index contributed by atoms with van der Waals surface area (Å²) in [5, 5.41) is 6.60. The smallest absolute Gasteiger partial charge is 0.254 e. The van der Waals surface area contributed by atoms with Gasteiger partial charge in [-0.05, 0) is 46.0 Å². The third kappa shape index (κ3) is 3.22. The van der Waals surface area contributed by atoms with E-state index in [1.807, 2.05) is 54.7 Å². The lowest BCUT2D eigenvalue weighted by Gasteiger charge is -2.45. The molecule has 2 heterocycles. The van der Waals surface area contributed by atoms with E-state index in [4.69, 9.17) is 0 Å². The van der Waals surface area contributed by atoms with Crippen molar-refractivity contribution in [1.29, 1.82) is 0 Å². The van der Waals surface area contributed by atoms with Crippen LogP contribution in [0.2, 0.25) is 0 Å². The lowest BCUT2D eigenvalue weighted by molar-refractivity contribution is -0.139. The molecule has 194 valence electrons. The number of benzene rings is 4. The van der Waals surface area contributed by atoms with Crippen molar-refractivity contribution in [3.8, 4) is 0 Å². The maximum Gasteiger partial charge on any atom is 0.254 e. The first-order chi connectivity index (χ1) is 19.6. The van der Waals surface area contributed by atoms with E-state index in [0.29, 0.717) is 6.54 Å². The Bertz CT molecular complexity index is 1760. The first-order valence-corrected chi connectivity index (χ1v) is 13.5. The number of para-hydroxylation sites is 1. The number of hydrazone groups is 1. The van der Waals surface area contributed by atoms with Crippen LogP contribution in [-0.4, -0.2) is 27.6 Å². The predicted molar refractivity (Wildman–Crippen MR) is 150 cm³/mol. The molecule has 1 fully saturated rings. The van der Waals surface area contributed by atoms with Crippen molar-refractivity contribution in [2.75, 3.05) is 0 Å². The highest BCUT2D eigenvalue weighted by atomic mass is 19.1. The van der Waals surface area contributed by atoms with Gasteiger partial charge in [0, 0.05) is 41.0 Å². The van der Waals surface area contributed by atoms with Crippen LogP contribution in [0.3, 0.4) is 0 Å². The molecular weight excluding hydrogens is 501 g/mol. The molecule has 5 nitrogen and oxygen atoms in total. The first kappa shape index (κ1) is 23.1. The molecule has 6 heteroatoms. The summed E-state index contributed by atoms with van der Waals surface area (Å²) in [6, 6.07) is 30.8. The fourth-order valence-electron chi connectivity index (χ4n) is 7.19. The van der Waals surface area contributed by atoms with Gasteiger partial charge in [-0.25, -0.2) is 4.39 Å². The summed E-state index contributed by atoms with van der Waals surface area (Å²) in [6.45, 7) is 0.556. The second-order valence-corrected chi connectivity index (χ2v) is 10.9. The molecule has 1 aromatic heterocycles. The van der Waals surface area contributed by atoms with Crippen LogP contribution in [0.5, 0.6) is 0 Å². The van der Waals surface area contributed by atoms with Crippen LogP contribution in [0.25, 0.3) is 10.9 Å². The maximum absolute atomic E-state index is 13.9. The van der Waals surface area contributed by atoms with E-state index in [1.54, 1.807) is 18.3 Å². The summed E-state index contributed by atoms with van der Waals surface area (Å²) in [4.78, 5) is 27.7. The second kappa shape index (κ2) is 8.58.